The quantitative estimate of drug-likeness (QED) is 0.348. The summed E-state index contributed by atoms with van der Waals surface area (Å²) in [6, 6.07) is 2.18. The van der Waals surface area contributed by atoms with E-state index in [4.69, 9.17) is 21.0 Å². The molecule has 1 rings (SSSR count). The zero-order valence-corrected chi connectivity index (χ0v) is 12.7. The highest BCUT2D eigenvalue weighted by Gasteiger charge is 1.94. The molecule has 0 bridgehead atoms. The smallest absolute Gasteiger partial charge is 0.290 e. The van der Waals surface area contributed by atoms with Gasteiger partial charge in [-0.2, -0.15) is 0 Å². The molecule has 0 amide bonds. The van der Waals surface area contributed by atoms with Gasteiger partial charge in [0.2, 0.25) is 0 Å². The number of aromatic nitrogens is 2. The molecule has 0 aliphatic rings. The van der Waals surface area contributed by atoms with E-state index >= 15 is 0 Å². The number of carbonyl (C=O) groups is 1. The number of allylic oxidation sites excluding steroid dienone is 1. The van der Waals surface area contributed by atoms with Crippen LogP contribution in [-0.4, -0.2) is 46.7 Å². The van der Waals surface area contributed by atoms with E-state index in [1.54, 1.807) is 6.20 Å². The molecule has 0 saturated carbocycles. The average Bonchev–Trinajstić information content (AvgIpc) is 2.52. The largest absolute Gasteiger partial charge is 0.483 e. The lowest BCUT2D eigenvalue weighted by Gasteiger charge is -2.02. The molecule has 122 valence electrons. The first-order valence-electron chi connectivity index (χ1n) is 6.60. The maximum atomic E-state index is 8.36. The van der Waals surface area contributed by atoms with E-state index in [2.05, 4.69) is 27.6 Å². The van der Waals surface area contributed by atoms with E-state index in [-0.39, 0.29) is 6.47 Å². The van der Waals surface area contributed by atoms with Crippen molar-refractivity contribution in [1.82, 2.24) is 9.97 Å². The second-order valence-corrected chi connectivity index (χ2v) is 3.84. The first-order chi connectivity index (χ1) is 10.7. The molecule has 1 aromatic heterocycles. The van der Waals surface area contributed by atoms with Gasteiger partial charge in [0.15, 0.2) is 0 Å². The first kappa shape index (κ1) is 21.7. The van der Waals surface area contributed by atoms with Crippen LogP contribution >= 0.6 is 0 Å². The highest BCUT2D eigenvalue weighted by molar-refractivity contribution is 5.77. The molecule has 0 spiro atoms. The Morgan fingerprint density at radius 3 is 2.68 bits per heavy atom. The third-order valence-corrected chi connectivity index (χ3v) is 2.12. The molecule has 0 aromatic carbocycles. The van der Waals surface area contributed by atoms with Crippen molar-refractivity contribution in [1.29, 1.82) is 5.41 Å². The van der Waals surface area contributed by atoms with Gasteiger partial charge >= 0.3 is 0 Å². The Kier molecular flexibility index (Phi) is 18.1. The van der Waals surface area contributed by atoms with Gasteiger partial charge in [0.05, 0.1) is 12.0 Å². The maximum absolute atomic E-state index is 8.36. The van der Waals surface area contributed by atoms with Gasteiger partial charge in [-0.1, -0.05) is 0 Å². The molecule has 8 heteroatoms. The summed E-state index contributed by atoms with van der Waals surface area (Å²) in [6.07, 6.45) is 11.7. The van der Waals surface area contributed by atoms with Crippen molar-refractivity contribution in [3.8, 4) is 0 Å². The molecule has 1 atom stereocenters. The Morgan fingerprint density at radius 2 is 2.18 bits per heavy atom. The van der Waals surface area contributed by atoms with Crippen LogP contribution in [0.4, 0.5) is 0 Å². The molecule has 6 N–H and O–H groups in total. The van der Waals surface area contributed by atoms with Gasteiger partial charge in [-0.25, -0.2) is 9.97 Å². The second-order valence-electron chi connectivity index (χ2n) is 3.84. The lowest BCUT2D eigenvalue weighted by molar-refractivity contribution is -0.122. The average molecular weight is 308 g/mol. The Hall–Kier alpha value is -2.61. The first-order valence-corrected chi connectivity index (χ1v) is 6.60. The van der Waals surface area contributed by atoms with E-state index < -0.39 is 0 Å². The lowest BCUT2D eigenvalue weighted by atomic mass is 10.2. The minimum Gasteiger partial charge on any atom is -0.483 e. The zero-order chi connectivity index (χ0) is 17.1. The highest BCUT2D eigenvalue weighted by atomic mass is 16.3. The number of nitrogens with zero attached hydrogens (tertiary/aromatic N) is 3. The van der Waals surface area contributed by atoms with Crippen molar-refractivity contribution in [2.45, 2.75) is 25.8 Å². The predicted molar refractivity (Wildman–Crippen MR) is 89.0 cm³/mol. The lowest BCUT2D eigenvalue weighted by Crippen LogP contribution is -2.04. The summed E-state index contributed by atoms with van der Waals surface area (Å²) in [7, 11) is 0. The molecule has 22 heavy (non-hydrogen) atoms. The van der Waals surface area contributed by atoms with Gasteiger partial charge < -0.3 is 16.6 Å². The van der Waals surface area contributed by atoms with E-state index in [1.807, 2.05) is 24.4 Å². The molecule has 1 aromatic rings. The van der Waals surface area contributed by atoms with Gasteiger partial charge in [0, 0.05) is 18.5 Å². The molecular weight excluding hydrogens is 284 g/mol. The Morgan fingerprint density at radius 1 is 1.55 bits per heavy atom. The van der Waals surface area contributed by atoms with Gasteiger partial charge in [-0.3, -0.25) is 15.2 Å². The van der Waals surface area contributed by atoms with Crippen LogP contribution in [0.15, 0.2) is 29.7 Å². The highest BCUT2D eigenvalue weighted by Crippen LogP contribution is 1.99. The van der Waals surface area contributed by atoms with Crippen molar-refractivity contribution >= 4 is 25.1 Å². The monoisotopic (exact) mass is 308 g/mol. The van der Waals surface area contributed by atoms with Crippen molar-refractivity contribution in [2.75, 3.05) is 6.54 Å². The van der Waals surface area contributed by atoms with Crippen LogP contribution in [0.5, 0.6) is 0 Å². The van der Waals surface area contributed by atoms with Crippen molar-refractivity contribution in [3.63, 3.8) is 0 Å². The fourth-order valence-corrected chi connectivity index (χ4v) is 1.23. The Balaban J connectivity index is 0. The summed E-state index contributed by atoms with van der Waals surface area (Å²) < 4.78 is 0. The fourth-order valence-electron chi connectivity index (χ4n) is 1.23. The van der Waals surface area contributed by atoms with E-state index in [0.717, 1.165) is 31.4 Å². The van der Waals surface area contributed by atoms with E-state index in [0.29, 0.717) is 6.04 Å². The molecule has 0 radical (unpaired) electrons. The standard InChI is InChI=1S/C12H18N4.CH4N2.CH2O2/c1-11(4-2-7-13)15-8-3-5-12-6-9-14-10-16-12;2*2-1-3/h3,5-6,8-11H,2,4,7,13H2,1H3;1H,(H3,2,3);1H,(H,2,3)/b5-3+,15-8?;;. The molecule has 8 nitrogen and oxygen atoms in total. The molecule has 0 fully saturated rings. The van der Waals surface area contributed by atoms with Gasteiger partial charge in [0.25, 0.3) is 6.47 Å². The summed E-state index contributed by atoms with van der Waals surface area (Å²) in [5, 5.41) is 12.8. The topological polar surface area (TPSA) is 151 Å². The SMILES string of the molecule is CC(CCCN)N=C/C=C/c1ccncn1.N=CN.O=CO. The van der Waals surface area contributed by atoms with Crippen LogP contribution in [0.1, 0.15) is 25.5 Å². The number of nitrogens with two attached hydrogens (primary N) is 2. The number of rotatable bonds is 6. The summed E-state index contributed by atoms with van der Waals surface area (Å²) >= 11 is 0. The summed E-state index contributed by atoms with van der Waals surface area (Å²) in [4.78, 5) is 20.6. The van der Waals surface area contributed by atoms with E-state index in [9.17, 15) is 0 Å². The number of hydrogen-bond donors (Lipinski definition) is 4. The Labute approximate surface area is 130 Å². The summed E-state index contributed by atoms with van der Waals surface area (Å²) in [5.74, 6) is 0. The van der Waals surface area contributed by atoms with Crippen LogP contribution < -0.4 is 11.5 Å². The minimum absolute atomic E-state index is 0.250. The van der Waals surface area contributed by atoms with Gasteiger partial charge in [0.1, 0.15) is 6.33 Å². The van der Waals surface area contributed by atoms with Crippen LogP contribution in [0.3, 0.4) is 0 Å². The zero-order valence-electron chi connectivity index (χ0n) is 12.7. The van der Waals surface area contributed by atoms with Crippen molar-refractivity contribution in [2.24, 2.45) is 16.5 Å². The van der Waals surface area contributed by atoms with Gasteiger partial charge in [-0.15, -0.1) is 0 Å². The van der Waals surface area contributed by atoms with Crippen LogP contribution in [0, 0.1) is 5.41 Å². The molecule has 0 aliphatic carbocycles. The Bertz CT molecular complexity index is 417. The third-order valence-electron chi connectivity index (χ3n) is 2.12. The number of aliphatic imine (C=N–C) groups is 1. The van der Waals surface area contributed by atoms with Gasteiger partial charge in [-0.05, 0) is 44.5 Å². The summed E-state index contributed by atoms with van der Waals surface area (Å²) in [5.41, 5.74) is 10.7. The normalized spacial score (nSPS) is 11.0. The van der Waals surface area contributed by atoms with Crippen LogP contribution in [0.25, 0.3) is 6.08 Å². The van der Waals surface area contributed by atoms with E-state index in [1.165, 1.54) is 6.33 Å². The molecule has 0 aliphatic heterocycles. The number of nitrogens with one attached hydrogen (secondary N) is 1. The van der Waals surface area contributed by atoms with Crippen molar-refractivity contribution in [3.05, 3.63) is 30.4 Å². The number of carboxylic acid groups (broad SMARTS) is 1. The van der Waals surface area contributed by atoms with Crippen LogP contribution in [0.2, 0.25) is 0 Å². The third kappa shape index (κ3) is 17.4. The molecular formula is C14H24N6O2. The maximum Gasteiger partial charge on any atom is 0.290 e. The second kappa shape index (κ2) is 18.4. The summed E-state index contributed by atoms with van der Waals surface area (Å²) in [6.45, 7) is 2.57. The molecule has 0 saturated heterocycles. The molecule has 1 heterocycles. The minimum atomic E-state index is -0.250. The molecule has 1 unspecified atom stereocenters. The predicted octanol–water partition coefficient (Wildman–Crippen LogP) is 0.941. The van der Waals surface area contributed by atoms with Crippen molar-refractivity contribution < 1.29 is 9.90 Å². The van der Waals surface area contributed by atoms with Crippen LogP contribution in [-0.2, 0) is 4.79 Å². The number of hydrogen-bond acceptors (Lipinski definition) is 6. The fraction of sp³-hybridized carbons (Fsp3) is 0.357.